The van der Waals surface area contributed by atoms with E-state index in [-0.39, 0.29) is 36.5 Å². The normalized spacial score (nSPS) is 28.4. The summed E-state index contributed by atoms with van der Waals surface area (Å²) in [6.07, 6.45) is -14.8. The monoisotopic (exact) mass is 1120 g/mol. The lowest BCUT2D eigenvalue weighted by Gasteiger charge is -2.61. The molecule has 0 spiro atoms. The highest BCUT2D eigenvalue weighted by Gasteiger charge is 2.70. The minimum atomic E-state index is -5.35. The molecule has 0 amide bonds. The summed E-state index contributed by atoms with van der Waals surface area (Å²) in [6, 6.07) is 18.9. The third kappa shape index (κ3) is 9.82. The van der Waals surface area contributed by atoms with E-state index < -0.39 is 122 Å². The molecule has 1 unspecified atom stereocenters. The van der Waals surface area contributed by atoms with E-state index in [4.69, 9.17) is 28.4 Å². The minimum Gasteiger partial charge on any atom is -0.459 e. The van der Waals surface area contributed by atoms with Crippen molar-refractivity contribution in [3.8, 4) is 0 Å². The molecule has 0 saturated heterocycles. The van der Waals surface area contributed by atoms with Crippen molar-refractivity contribution in [1.82, 2.24) is 0 Å². The molecular weight excluding hydrogens is 1050 g/mol. The zero-order chi connectivity index (χ0) is 58.6. The van der Waals surface area contributed by atoms with Crippen LogP contribution in [0.1, 0.15) is 117 Å². The summed E-state index contributed by atoms with van der Waals surface area (Å²) in [6.45, 7) is 12.1. The number of Topliss-reactive ketones (excluding diaryl/α,β-unsaturated/α-hetero) is 1. The van der Waals surface area contributed by atoms with Gasteiger partial charge in [-0.2, -0.15) is 39.5 Å². The predicted octanol–water partition coefficient (Wildman–Crippen LogP) is 13.6. The topological polar surface area (TPSA) is 124 Å². The standard InChI is InChI=1S/C60H69F9O10/c1-36(35-77-48(71)55(74-8,58(61,62)63)38-20-14-11-15-21-38)26-28-44(78-49(72)56(75-9,59(64,65)66)39-22-16-12-17-23-39)37(2)41-30-33-53(6)42-27-29-45-51(3,4)46(31-32-52(45,5)47(42)43(70)34-54(41,53)7)79-50(73)57(76-10,60(67,68)69)40-24-18-13-19-25-40/h11-26,37,41,44-46H,27-35H2,1-10H3/b36-26-/t37-,41-,44+,45?,46-,52-,53+,54-,55-,56-,57-/m0/s1. The first-order chi connectivity index (χ1) is 36.8. The lowest BCUT2D eigenvalue weighted by molar-refractivity contribution is -0.282. The van der Waals surface area contributed by atoms with Crippen molar-refractivity contribution in [2.24, 2.45) is 39.4 Å². The number of carbonyl (C=O) groups excluding carboxylic acids is 4. The Morgan fingerprint density at radius 2 is 1.10 bits per heavy atom. The van der Waals surface area contributed by atoms with E-state index in [0.29, 0.717) is 37.7 Å². The summed E-state index contributed by atoms with van der Waals surface area (Å²) in [5.41, 5.74) is -13.7. The molecule has 7 rings (SSSR count). The third-order valence-electron chi connectivity index (χ3n) is 18.9. The second kappa shape index (κ2) is 21.7. The van der Waals surface area contributed by atoms with Gasteiger partial charge in [0.15, 0.2) is 5.78 Å². The molecule has 4 aliphatic carbocycles. The van der Waals surface area contributed by atoms with Gasteiger partial charge in [0, 0.05) is 61.8 Å². The van der Waals surface area contributed by atoms with E-state index in [2.05, 4.69) is 6.92 Å². The largest absolute Gasteiger partial charge is 0.459 e. The molecule has 0 aliphatic heterocycles. The Labute approximate surface area is 454 Å². The Bertz CT molecular complexity index is 2800. The van der Waals surface area contributed by atoms with Crippen LogP contribution in [0.3, 0.4) is 0 Å². The predicted molar refractivity (Wildman–Crippen MR) is 271 cm³/mol. The number of carbonyl (C=O) groups is 4. The molecule has 2 fully saturated rings. The van der Waals surface area contributed by atoms with Gasteiger partial charge in [-0.25, -0.2) is 14.4 Å². The molecule has 432 valence electrons. The van der Waals surface area contributed by atoms with E-state index in [1.54, 1.807) is 6.92 Å². The van der Waals surface area contributed by atoms with E-state index in [0.717, 1.165) is 63.3 Å². The van der Waals surface area contributed by atoms with Crippen LogP contribution in [0.25, 0.3) is 0 Å². The number of alkyl halides is 9. The molecule has 11 atom stereocenters. The molecule has 0 heterocycles. The molecule has 0 N–H and O–H groups in total. The summed E-state index contributed by atoms with van der Waals surface area (Å²) in [5.74, 6) is -6.94. The number of hydrogen-bond acceptors (Lipinski definition) is 10. The van der Waals surface area contributed by atoms with Gasteiger partial charge < -0.3 is 28.4 Å². The lowest BCUT2D eigenvalue weighted by Crippen LogP contribution is -2.59. The van der Waals surface area contributed by atoms with Crippen LogP contribution in [0.2, 0.25) is 0 Å². The average molecular weight is 1120 g/mol. The Kier molecular flexibility index (Phi) is 16.8. The molecule has 10 nitrogen and oxygen atoms in total. The summed E-state index contributed by atoms with van der Waals surface area (Å²) in [4.78, 5) is 57.0. The molecule has 4 aliphatic rings. The van der Waals surface area contributed by atoms with E-state index >= 15 is 18.0 Å². The van der Waals surface area contributed by atoms with E-state index in [1.165, 1.54) is 67.6 Å². The zero-order valence-electron chi connectivity index (χ0n) is 46.0. The SMILES string of the molecule is CO[C@](C(=O)OC/C(C)=C\C[C@@H](OC(=O)[C@@](OC)(c1ccccc1)C(F)(F)F)[C@@H](C)[C@@H]1CC[C@]2(C)C3=C(C(=O)C[C@@]12C)[C@@]1(C)CC[C@H](OC(=O)[C@@](OC)(c2ccccc2)C(F)(F)F)C(C)(C)C1CC3)(c1ccccc1)C(F)(F)F. The highest BCUT2D eigenvalue weighted by Crippen LogP contribution is 2.72. The summed E-state index contributed by atoms with van der Waals surface area (Å²) in [5, 5.41) is 0. The Morgan fingerprint density at radius 1 is 0.646 bits per heavy atom. The van der Waals surface area contributed by atoms with Crippen molar-refractivity contribution in [3.63, 3.8) is 0 Å². The number of fused-ring (bicyclic) bond motifs is 4. The van der Waals surface area contributed by atoms with Gasteiger partial charge in [-0.05, 0) is 85.0 Å². The van der Waals surface area contributed by atoms with Gasteiger partial charge >= 0.3 is 36.4 Å². The number of halogens is 9. The van der Waals surface area contributed by atoms with Crippen LogP contribution in [0.15, 0.2) is 114 Å². The van der Waals surface area contributed by atoms with Crippen molar-refractivity contribution in [3.05, 3.63) is 130 Å². The number of benzene rings is 3. The van der Waals surface area contributed by atoms with Crippen LogP contribution in [0, 0.1) is 39.4 Å². The first-order valence-electron chi connectivity index (χ1n) is 26.3. The van der Waals surface area contributed by atoms with Crippen LogP contribution in [0.5, 0.6) is 0 Å². The number of rotatable bonds is 17. The molecule has 19 heteroatoms. The smallest absolute Gasteiger partial charge is 0.432 e. The van der Waals surface area contributed by atoms with Gasteiger partial charge in [-0.3, -0.25) is 4.79 Å². The van der Waals surface area contributed by atoms with Gasteiger partial charge in [-0.15, -0.1) is 0 Å². The van der Waals surface area contributed by atoms with E-state index in [9.17, 15) is 40.7 Å². The number of ketones is 1. The molecule has 0 aromatic heterocycles. The molecule has 79 heavy (non-hydrogen) atoms. The Morgan fingerprint density at radius 3 is 1.56 bits per heavy atom. The third-order valence-corrected chi connectivity index (χ3v) is 18.9. The lowest BCUT2D eigenvalue weighted by atomic mass is 9.43. The first-order valence-corrected chi connectivity index (χ1v) is 26.3. The van der Waals surface area contributed by atoms with Gasteiger partial charge in [0.2, 0.25) is 0 Å². The second-order valence-electron chi connectivity index (χ2n) is 23.0. The maximum atomic E-state index is 15.4. The van der Waals surface area contributed by atoms with Crippen molar-refractivity contribution >= 4 is 23.7 Å². The molecule has 0 bridgehead atoms. The summed E-state index contributed by atoms with van der Waals surface area (Å²) >= 11 is 0. The van der Waals surface area contributed by atoms with Crippen LogP contribution in [0.4, 0.5) is 39.5 Å². The number of esters is 3. The van der Waals surface area contributed by atoms with Crippen LogP contribution >= 0.6 is 0 Å². The first kappa shape index (κ1) is 61.1. The van der Waals surface area contributed by atoms with Crippen LogP contribution in [-0.2, 0) is 64.4 Å². The fraction of sp³-hybridized carbons (Fsp3) is 0.567. The minimum absolute atomic E-state index is 0.0144. The Balaban J connectivity index is 1.20. The maximum absolute atomic E-state index is 15.4. The van der Waals surface area contributed by atoms with E-state index in [1.807, 2.05) is 27.7 Å². The second-order valence-corrected chi connectivity index (χ2v) is 23.0. The summed E-state index contributed by atoms with van der Waals surface area (Å²) in [7, 11) is 2.26. The van der Waals surface area contributed by atoms with Crippen LogP contribution in [-0.4, -0.2) is 82.4 Å². The number of ether oxygens (including phenoxy) is 6. The fourth-order valence-electron chi connectivity index (χ4n) is 14.4. The van der Waals surface area contributed by atoms with Crippen molar-refractivity contribution < 1.29 is 87.1 Å². The maximum Gasteiger partial charge on any atom is 0.432 e. The van der Waals surface area contributed by atoms with Crippen molar-refractivity contribution in [2.75, 3.05) is 27.9 Å². The van der Waals surface area contributed by atoms with Crippen molar-refractivity contribution in [1.29, 1.82) is 0 Å². The number of allylic oxidation sites excluding steroid dienone is 2. The highest BCUT2D eigenvalue weighted by molar-refractivity contribution is 6.00. The Hall–Kier alpha value is -5.53. The highest BCUT2D eigenvalue weighted by atomic mass is 19.4. The van der Waals surface area contributed by atoms with Gasteiger partial charge in [0.25, 0.3) is 16.8 Å². The molecule has 3 aromatic carbocycles. The zero-order valence-corrected chi connectivity index (χ0v) is 46.0. The molecular formula is C60H69F9O10. The quantitative estimate of drug-likeness (QED) is 0.0558. The fourth-order valence-corrected chi connectivity index (χ4v) is 14.4. The van der Waals surface area contributed by atoms with Crippen LogP contribution < -0.4 is 0 Å². The van der Waals surface area contributed by atoms with Gasteiger partial charge in [0.05, 0.1) is 0 Å². The van der Waals surface area contributed by atoms with Crippen molar-refractivity contribution in [2.45, 2.75) is 147 Å². The molecule has 0 radical (unpaired) electrons. The molecule has 3 aromatic rings. The van der Waals surface area contributed by atoms with Gasteiger partial charge in [-0.1, -0.05) is 144 Å². The average Bonchev–Trinajstić information content (AvgIpc) is 3.85. The summed E-state index contributed by atoms with van der Waals surface area (Å²) < 4.78 is 167. The number of hydrogen-bond donors (Lipinski definition) is 0. The van der Waals surface area contributed by atoms with Gasteiger partial charge in [0.1, 0.15) is 18.8 Å². The number of methoxy groups -OCH3 is 3. The molecule has 2 saturated carbocycles.